The van der Waals surface area contributed by atoms with Gasteiger partial charge < -0.3 is 15.4 Å². The Hall–Kier alpha value is -1.69. The number of carbonyl (C=O) groups is 1. The Kier molecular flexibility index (Phi) is 5.09. The van der Waals surface area contributed by atoms with Gasteiger partial charge in [-0.15, -0.1) is 10.2 Å². The molecule has 0 radical (unpaired) electrons. The van der Waals surface area contributed by atoms with E-state index >= 15 is 0 Å². The Labute approximate surface area is 112 Å². The first-order valence-corrected chi connectivity index (χ1v) is 6.77. The van der Waals surface area contributed by atoms with E-state index in [-0.39, 0.29) is 12.0 Å². The third-order valence-corrected chi connectivity index (χ3v) is 2.94. The van der Waals surface area contributed by atoms with Gasteiger partial charge in [-0.1, -0.05) is 6.92 Å². The van der Waals surface area contributed by atoms with Crippen molar-refractivity contribution in [1.29, 1.82) is 0 Å². The van der Waals surface area contributed by atoms with E-state index in [1.54, 1.807) is 6.07 Å². The molecule has 0 aromatic carbocycles. The summed E-state index contributed by atoms with van der Waals surface area (Å²) in [7, 11) is 0. The number of aromatic nitrogens is 2. The highest BCUT2D eigenvalue weighted by molar-refractivity contribution is 5.89. The van der Waals surface area contributed by atoms with Crippen molar-refractivity contribution in [3.8, 4) is 0 Å². The number of hydrogen-bond donors (Lipinski definition) is 2. The van der Waals surface area contributed by atoms with Crippen molar-refractivity contribution in [3.63, 3.8) is 0 Å². The monoisotopic (exact) mass is 264 g/mol. The molecule has 0 aliphatic carbocycles. The highest BCUT2D eigenvalue weighted by Crippen LogP contribution is 2.13. The third kappa shape index (κ3) is 4.48. The fourth-order valence-electron chi connectivity index (χ4n) is 1.95. The number of nitrogens with zero attached hydrogens (tertiary/aromatic N) is 2. The second kappa shape index (κ2) is 7.04. The van der Waals surface area contributed by atoms with Gasteiger partial charge in [0.15, 0.2) is 5.82 Å². The van der Waals surface area contributed by atoms with Gasteiger partial charge in [-0.2, -0.15) is 0 Å². The van der Waals surface area contributed by atoms with Gasteiger partial charge in [0.2, 0.25) is 5.91 Å². The molecule has 2 N–H and O–H groups in total. The van der Waals surface area contributed by atoms with Crippen LogP contribution in [0.3, 0.4) is 0 Å². The predicted octanol–water partition coefficient (Wildman–Crippen LogP) is 1.81. The molecule has 6 nitrogen and oxygen atoms in total. The summed E-state index contributed by atoms with van der Waals surface area (Å²) in [5.74, 6) is 1.15. The smallest absolute Gasteiger partial charge is 0.225 e. The van der Waals surface area contributed by atoms with Crippen molar-refractivity contribution in [2.45, 2.75) is 38.7 Å². The summed E-state index contributed by atoms with van der Waals surface area (Å²) in [5, 5.41) is 13.9. The van der Waals surface area contributed by atoms with Crippen molar-refractivity contribution in [2.75, 3.05) is 23.8 Å². The lowest BCUT2D eigenvalue weighted by molar-refractivity contribution is -0.116. The molecule has 0 bridgehead atoms. The molecule has 0 saturated carbocycles. The summed E-state index contributed by atoms with van der Waals surface area (Å²) < 4.78 is 5.51. The van der Waals surface area contributed by atoms with Crippen LogP contribution in [-0.2, 0) is 9.53 Å². The van der Waals surface area contributed by atoms with E-state index < -0.39 is 0 Å². The molecule has 1 aromatic heterocycles. The van der Waals surface area contributed by atoms with E-state index in [9.17, 15) is 4.79 Å². The molecule has 1 saturated heterocycles. The average molecular weight is 264 g/mol. The maximum Gasteiger partial charge on any atom is 0.225 e. The standard InChI is InChI=1S/C13H20N4O2/c1-2-4-13(18)15-12-7-6-11(16-17-12)14-9-10-5-3-8-19-10/h6-7,10H,2-5,8-9H2,1H3,(H,14,16)(H,15,17,18). The minimum atomic E-state index is -0.0307. The summed E-state index contributed by atoms with van der Waals surface area (Å²) in [6.45, 7) is 3.56. The van der Waals surface area contributed by atoms with Crippen LogP contribution in [0.5, 0.6) is 0 Å². The van der Waals surface area contributed by atoms with Crippen molar-refractivity contribution >= 4 is 17.5 Å². The molecule has 0 spiro atoms. The van der Waals surface area contributed by atoms with E-state index in [4.69, 9.17) is 4.74 Å². The number of anilines is 2. The Morgan fingerprint density at radius 3 is 2.84 bits per heavy atom. The zero-order valence-corrected chi connectivity index (χ0v) is 11.2. The molecule has 2 rings (SSSR count). The highest BCUT2D eigenvalue weighted by Gasteiger charge is 2.15. The summed E-state index contributed by atoms with van der Waals surface area (Å²) in [5.41, 5.74) is 0. The van der Waals surface area contributed by atoms with Crippen LogP contribution in [0.1, 0.15) is 32.6 Å². The second-order valence-corrected chi connectivity index (χ2v) is 4.62. The Bertz CT molecular complexity index is 402. The van der Waals surface area contributed by atoms with Crippen LogP contribution >= 0.6 is 0 Å². The van der Waals surface area contributed by atoms with Crippen molar-refractivity contribution in [1.82, 2.24) is 10.2 Å². The maximum atomic E-state index is 11.4. The Morgan fingerprint density at radius 2 is 2.21 bits per heavy atom. The lowest BCUT2D eigenvalue weighted by Crippen LogP contribution is -2.19. The van der Waals surface area contributed by atoms with Crippen LogP contribution in [0.2, 0.25) is 0 Å². The zero-order valence-electron chi connectivity index (χ0n) is 11.2. The number of nitrogens with one attached hydrogen (secondary N) is 2. The first-order valence-electron chi connectivity index (χ1n) is 6.77. The summed E-state index contributed by atoms with van der Waals surface area (Å²) >= 11 is 0. The Morgan fingerprint density at radius 1 is 1.42 bits per heavy atom. The lowest BCUT2D eigenvalue weighted by Gasteiger charge is -2.11. The van der Waals surface area contributed by atoms with E-state index in [1.807, 2.05) is 13.0 Å². The van der Waals surface area contributed by atoms with Gasteiger partial charge in [-0.05, 0) is 31.4 Å². The number of ether oxygens (including phenoxy) is 1. The van der Waals surface area contributed by atoms with Gasteiger partial charge >= 0.3 is 0 Å². The fourth-order valence-corrected chi connectivity index (χ4v) is 1.95. The molecule has 1 aliphatic rings. The van der Waals surface area contributed by atoms with E-state index in [2.05, 4.69) is 20.8 Å². The highest BCUT2D eigenvalue weighted by atomic mass is 16.5. The molecule has 1 atom stereocenters. The summed E-state index contributed by atoms with van der Waals surface area (Å²) in [6, 6.07) is 3.56. The van der Waals surface area contributed by atoms with Gasteiger partial charge in [0.1, 0.15) is 5.82 Å². The number of hydrogen-bond acceptors (Lipinski definition) is 5. The van der Waals surface area contributed by atoms with Gasteiger partial charge in [-0.3, -0.25) is 4.79 Å². The number of rotatable bonds is 6. The molecule has 104 valence electrons. The van der Waals surface area contributed by atoms with Crippen LogP contribution in [0, 0.1) is 0 Å². The van der Waals surface area contributed by atoms with Crippen LogP contribution < -0.4 is 10.6 Å². The van der Waals surface area contributed by atoms with Gasteiger partial charge in [-0.25, -0.2) is 0 Å². The first kappa shape index (κ1) is 13.7. The SMILES string of the molecule is CCCC(=O)Nc1ccc(NCC2CCCO2)nn1. The largest absolute Gasteiger partial charge is 0.376 e. The molecule has 19 heavy (non-hydrogen) atoms. The number of carbonyl (C=O) groups excluding carboxylic acids is 1. The van der Waals surface area contributed by atoms with Crippen LogP contribution in [-0.4, -0.2) is 35.4 Å². The van der Waals surface area contributed by atoms with Gasteiger partial charge in [0.25, 0.3) is 0 Å². The van der Waals surface area contributed by atoms with Gasteiger partial charge in [0.05, 0.1) is 6.10 Å². The van der Waals surface area contributed by atoms with E-state index in [0.717, 1.165) is 32.4 Å². The molecular formula is C13H20N4O2. The zero-order chi connectivity index (χ0) is 13.5. The topological polar surface area (TPSA) is 76.1 Å². The minimum Gasteiger partial charge on any atom is -0.376 e. The van der Waals surface area contributed by atoms with E-state index in [1.165, 1.54) is 0 Å². The number of amides is 1. The van der Waals surface area contributed by atoms with E-state index in [0.29, 0.717) is 18.1 Å². The van der Waals surface area contributed by atoms with Crippen LogP contribution in [0.25, 0.3) is 0 Å². The van der Waals surface area contributed by atoms with Gasteiger partial charge in [0, 0.05) is 19.6 Å². The fraction of sp³-hybridized carbons (Fsp3) is 0.615. The minimum absolute atomic E-state index is 0.0307. The van der Waals surface area contributed by atoms with Crippen molar-refractivity contribution < 1.29 is 9.53 Å². The molecule has 1 unspecified atom stereocenters. The predicted molar refractivity (Wildman–Crippen MR) is 73.0 cm³/mol. The molecule has 6 heteroatoms. The molecule has 2 heterocycles. The molecule has 1 aromatic rings. The summed E-state index contributed by atoms with van der Waals surface area (Å²) in [6.07, 6.45) is 3.80. The lowest BCUT2D eigenvalue weighted by atomic mass is 10.2. The summed E-state index contributed by atoms with van der Waals surface area (Å²) in [4.78, 5) is 11.4. The van der Waals surface area contributed by atoms with Crippen molar-refractivity contribution in [3.05, 3.63) is 12.1 Å². The molecule has 1 fully saturated rings. The van der Waals surface area contributed by atoms with Crippen LogP contribution in [0.4, 0.5) is 11.6 Å². The normalized spacial score (nSPS) is 18.3. The molecular weight excluding hydrogens is 244 g/mol. The first-order chi connectivity index (χ1) is 9.28. The average Bonchev–Trinajstić information content (AvgIpc) is 2.91. The van der Waals surface area contributed by atoms with Crippen LogP contribution in [0.15, 0.2) is 12.1 Å². The molecule has 1 aliphatic heterocycles. The Balaban J connectivity index is 1.78. The molecule has 1 amide bonds. The quantitative estimate of drug-likeness (QED) is 0.819. The second-order valence-electron chi connectivity index (χ2n) is 4.62. The third-order valence-electron chi connectivity index (χ3n) is 2.94. The van der Waals surface area contributed by atoms with Crippen molar-refractivity contribution in [2.24, 2.45) is 0 Å². The maximum absolute atomic E-state index is 11.4.